The van der Waals surface area contributed by atoms with Crippen LogP contribution in [0.15, 0.2) is 78.9 Å². The molecule has 1 nitrogen and oxygen atoms in total. The Kier molecular flexibility index (Phi) is 2.68. The third-order valence-corrected chi connectivity index (χ3v) is 6.35. The molecule has 0 unspecified atom stereocenters. The first-order valence-electron chi connectivity index (χ1n) is 6.72. The summed E-state index contributed by atoms with van der Waals surface area (Å²) in [5.74, 6) is 2.02. The van der Waals surface area contributed by atoms with Gasteiger partial charge in [-0.05, 0) is 11.3 Å². The summed E-state index contributed by atoms with van der Waals surface area (Å²) in [4.78, 5) is 0. The van der Waals surface area contributed by atoms with Gasteiger partial charge in [-0.2, -0.15) is 0 Å². The summed E-state index contributed by atoms with van der Waals surface area (Å²) < 4.78 is 5.69. The number of benzene rings is 3. The van der Waals surface area contributed by atoms with Gasteiger partial charge in [0.25, 0.3) is 0 Å². The van der Waals surface area contributed by atoms with E-state index in [2.05, 4.69) is 78.9 Å². The lowest BCUT2D eigenvalue weighted by Crippen LogP contribution is -2.52. The monoisotopic (exact) mass is 273 g/mol. The molecule has 0 saturated carbocycles. The predicted octanol–water partition coefficient (Wildman–Crippen LogP) is 2.31. The van der Waals surface area contributed by atoms with Gasteiger partial charge in [0.2, 0.25) is 0 Å². The zero-order valence-electron chi connectivity index (χ0n) is 10.9. The van der Waals surface area contributed by atoms with E-state index in [1.165, 1.54) is 15.6 Å². The molecular weight excluding hydrogens is 260 g/mol. The molecule has 0 saturated heterocycles. The molecule has 1 radical (unpaired) electrons. The van der Waals surface area contributed by atoms with Crippen molar-refractivity contribution in [1.82, 2.24) is 0 Å². The van der Waals surface area contributed by atoms with E-state index in [-0.39, 0.29) is 0 Å². The quantitative estimate of drug-likeness (QED) is 0.411. The Morgan fingerprint density at radius 3 is 1.65 bits per heavy atom. The van der Waals surface area contributed by atoms with E-state index in [9.17, 15) is 0 Å². The van der Waals surface area contributed by atoms with Crippen molar-refractivity contribution in [2.75, 3.05) is 0 Å². The van der Waals surface area contributed by atoms with Crippen molar-refractivity contribution in [2.45, 2.75) is 0 Å². The molecule has 0 fully saturated rings. The maximum atomic E-state index is 5.69. The van der Waals surface area contributed by atoms with Crippen molar-refractivity contribution in [1.29, 1.82) is 0 Å². The van der Waals surface area contributed by atoms with E-state index in [0.717, 1.165) is 11.5 Å². The first kappa shape index (κ1) is 11.5. The van der Waals surface area contributed by atoms with Crippen LogP contribution in [0, 0.1) is 0 Å². The zero-order valence-corrected chi connectivity index (χ0v) is 11.9. The molecule has 5 rings (SSSR count). The summed E-state index contributed by atoms with van der Waals surface area (Å²) in [5, 5.41) is 4.12. The highest BCUT2D eigenvalue weighted by atomic mass is 28.3. The smallest absolute Gasteiger partial charge is 0.159 e. The molecular formula is C18H13OSi. The van der Waals surface area contributed by atoms with Crippen LogP contribution >= 0.6 is 0 Å². The van der Waals surface area contributed by atoms with Gasteiger partial charge in [0.15, 0.2) is 8.80 Å². The molecule has 2 aliphatic heterocycles. The second-order valence-corrected chi connectivity index (χ2v) is 7.31. The van der Waals surface area contributed by atoms with Crippen molar-refractivity contribution >= 4 is 24.4 Å². The highest BCUT2D eigenvalue weighted by Crippen LogP contribution is 2.32. The van der Waals surface area contributed by atoms with Crippen LogP contribution < -0.4 is 20.3 Å². The fourth-order valence-corrected chi connectivity index (χ4v) is 5.24. The van der Waals surface area contributed by atoms with E-state index < -0.39 is 8.80 Å². The second-order valence-electron chi connectivity index (χ2n) is 4.87. The maximum Gasteiger partial charge on any atom is 0.159 e. The number of fused-ring (bicyclic) bond motifs is 2. The molecule has 2 aliphatic rings. The van der Waals surface area contributed by atoms with Crippen LogP contribution in [0.3, 0.4) is 0 Å². The minimum atomic E-state index is -0.988. The van der Waals surface area contributed by atoms with Gasteiger partial charge in [0.05, 0.1) is 0 Å². The summed E-state index contributed by atoms with van der Waals surface area (Å²) in [6.45, 7) is 0. The van der Waals surface area contributed by atoms with Crippen LogP contribution in [0.2, 0.25) is 0 Å². The summed E-state index contributed by atoms with van der Waals surface area (Å²) in [5.41, 5.74) is 0. The predicted molar refractivity (Wildman–Crippen MR) is 84.1 cm³/mol. The summed E-state index contributed by atoms with van der Waals surface area (Å²) >= 11 is 0. The average molecular weight is 273 g/mol. The van der Waals surface area contributed by atoms with Crippen molar-refractivity contribution in [3.63, 3.8) is 0 Å². The largest absolute Gasteiger partial charge is 0.457 e. The van der Waals surface area contributed by atoms with E-state index in [0.29, 0.717) is 0 Å². The molecule has 0 spiro atoms. The lowest BCUT2D eigenvalue weighted by atomic mass is 10.2. The van der Waals surface area contributed by atoms with Crippen molar-refractivity contribution in [2.24, 2.45) is 0 Å². The second kappa shape index (κ2) is 4.65. The maximum absolute atomic E-state index is 5.69. The van der Waals surface area contributed by atoms with E-state index >= 15 is 0 Å². The van der Waals surface area contributed by atoms with Crippen LogP contribution in [0.4, 0.5) is 0 Å². The van der Waals surface area contributed by atoms with Gasteiger partial charge >= 0.3 is 0 Å². The Morgan fingerprint density at radius 2 is 1.20 bits per heavy atom. The number of hydrogen-bond acceptors (Lipinski definition) is 1. The van der Waals surface area contributed by atoms with E-state index in [1.54, 1.807) is 0 Å². The normalized spacial score (nSPS) is 11.8. The molecule has 3 aromatic carbocycles. The van der Waals surface area contributed by atoms with Gasteiger partial charge in [-0.25, -0.2) is 0 Å². The Balaban J connectivity index is 1.89. The summed E-state index contributed by atoms with van der Waals surface area (Å²) in [6, 6.07) is 27.9. The zero-order chi connectivity index (χ0) is 13.4. The van der Waals surface area contributed by atoms with Crippen molar-refractivity contribution < 1.29 is 4.74 Å². The average Bonchev–Trinajstić information content (AvgIpc) is 2.49. The lowest BCUT2D eigenvalue weighted by Gasteiger charge is -2.25. The minimum absolute atomic E-state index is 0.978. The van der Waals surface area contributed by atoms with Gasteiger partial charge in [-0.1, -0.05) is 77.1 Å². The Labute approximate surface area is 120 Å². The first-order valence-corrected chi connectivity index (χ1v) is 8.22. The lowest BCUT2D eigenvalue weighted by molar-refractivity contribution is 0.443. The summed E-state index contributed by atoms with van der Waals surface area (Å²) in [7, 11) is -0.988. The molecule has 0 amide bonds. The molecule has 3 aromatic rings. The Hall–Kier alpha value is -2.32. The third kappa shape index (κ3) is 1.85. The molecule has 95 valence electrons. The number of ether oxygens (including phenoxy) is 1. The molecule has 0 aliphatic carbocycles. The fraction of sp³-hybridized carbons (Fsp3) is 0. The highest BCUT2D eigenvalue weighted by molar-refractivity contribution is 6.96. The Morgan fingerprint density at radius 1 is 0.650 bits per heavy atom. The highest BCUT2D eigenvalue weighted by Gasteiger charge is 2.26. The van der Waals surface area contributed by atoms with Crippen molar-refractivity contribution in [3.05, 3.63) is 78.9 Å². The molecule has 0 N–H and O–H groups in total. The van der Waals surface area contributed by atoms with Gasteiger partial charge in [-0.15, -0.1) is 0 Å². The van der Waals surface area contributed by atoms with Crippen LogP contribution in [-0.4, -0.2) is 8.80 Å². The van der Waals surface area contributed by atoms with Crippen molar-refractivity contribution in [3.8, 4) is 11.5 Å². The third-order valence-electron chi connectivity index (χ3n) is 3.58. The number of hydrogen-bond donors (Lipinski definition) is 0. The van der Waals surface area contributed by atoms with Gasteiger partial charge in [0, 0.05) is 6.07 Å². The van der Waals surface area contributed by atoms with E-state index in [4.69, 9.17) is 4.74 Å². The topological polar surface area (TPSA) is 9.23 Å². The molecule has 0 atom stereocenters. The molecule has 2 heteroatoms. The van der Waals surface area contributed by atoms with Gasteiger partial charge in [0.1, 0.15) is 11.5 Å². The van der Waals surface area contributed by atoms with Crippen LogP contribution in [0.1, 0.15) is 0 Å². The van der Waals surface area contributed by atoms with Crippen LogP contribution in [-0.2, 0) is 0 Å². The van der Waals surface area contributed by atoms with Crippen LogP contribution in [0.25, 0.3) is 0 Å². The minimum Gasteiger partial charge on any atom is -0.457 e. The van der Waals surface area contributed by atoms with E-state index in [1.807, 2.05) is 0 Å². The Bertz CT molecular complexity index is 695. The van der Waals surface area contributed by atoms with Crippen LogP contribution in [0.5, 0.6) is 11.5 Å². The van der Waals surface area contributed by atoms with Gasteiger partial charge < -0.3 is 4.74 Å². The molecule has 0 aromatic heterocycles. The van der Waals surface area contributed by atoms with Gasteiger partial charge in [-0.3, -0.25) is 0 Å². The fourth-order valence-electron chi connectivity index (χ4n) is 2.61. The molecule has 20 heavy (non-hydrogen) atoms. The molecule has 2 heterocycles. The standard InChI is InChI=1S/C18H13OSi/c1-3-7-15(8-4-1)20(16-9-5-2-6-10-16)18-12-11-14-13-17(18)19-14/h1-13H. The first-order chi connectivity index (χ1) is 9.92. The number of rotatable bonds is 3. The SMILES string of the molecule is c1ccc([Si](c2ccccc2)c2ccc3cc2O3)cc1. The summed E-state index contributed by atoms with van der Waals surface area (Å²) in [6.07, 6.45) is 0. The molecule has 2 bridgehead atoms.